The van der Waals surface area contributed by atoms with Gasteiger partial charge in [0.05, 0.1) is 5.57 Å². The maximum atomic E-state index is 12.4. The molecule has 0 bridgehead atoms. The van der Waals surface area contributed by atoms with Crippen molar-refractivity contribution in [3.63, 3.8) is 0 Å². The number of hydrazone groups is 1. The minimum atomic E-state index is -0.235. The number of nitrogens with one attached hydrogen (secondary N) is 3. The number of hydrogen-bond acceptors (Lipinski definition) is 5. The number of rotatable bonds is 7. The number of hydrogen-bond donors (Lipinski definition) is 3. The molecule has 0 unspecified atom stereocenters. The summed E-state index contributed by atoms with van der Waals surface area (Å²) in [7, 11) is 0. The fraction of sp³-hybridized carbons (Fsp3) is 0.429. The highest BCUT2D eigenvalue weighted by atomic mass is 16.2. The van der Waals surface area contributed by atoms with Gasteiger partial charge < -0.3 is 10.3 Å². The zero-order valence-electron chi connectivity index (χ0n) is 16.5. The smallest absolute Gasteiger partial charge is 0.273 e. The summed E-state index contributed by atoms with van der Waals surface area (Å²) in [4.78, 5) is 24.4. The molecule has 0 aromatic carbocycles. The van der Waals surface area contributed by atoms with Crippen molar-refractivity contribution in [3.05, 3.63) is 52.4 Å². The van der Waals surface area contributed by atoms with Crippen LogP contribution in [-0.2, 0) is 11.2 Å². The Kier molecular flexibility index (Phi) is 5.09. The molecule has 2 aromatic heterocycles. The van der Waals surface area contributed by atoms with Gasteiger partial charge >= 0.3 is 0 Å². The molecular weight excluding hydrogens is 352 g/mol. The summed E-state index contributed by atoms with van der Waals surface area (Å²) in [6, 6.07) is 2.44. The van der Waals surface area contributed by atoms with Crippen LogP contribution in [0.3, 0.4) is 0 Å². The molecule has 1 amide bonds. The van der Waals surface area contributed by atoms with Crippen LogP contribution in [0.25, 0.3) is 6.08 Å². The molecule has 1 fully saturated rings. The van der Waals surface area contributed by atoms with E-state index < -0.39 is 0 Å². The summed E-state index contributed by atoms with van der Waals surface area (Å²) in [6.07, 6.45) is 8.74. The summed E-state index contributed by atoms with van der Waals surface area (Å²) in [5.41, 5.74) is 8.21. The molecule has 3 N–H and O–H groups in total. The third-order valence-corrected chi connectivity index (χ3v) is 5.19. The number of carbonyl (C=O) groups is 1. The second-order valence-electron chi connectivity index (χ2n) is 7.72. The van der Waals surface area contributed by atoms with Crippen molar-refractivity contribution in [1.29, 1.82) is 0 Å². The van der Waals surface area contributed by atoms with Gasteiger partial charge in [0.2, 0.25) is 0 Å². The van der Waals surface area contributed by atoms with Gasteiger partial charge in [0.25, 0.3) is 5.91 Å². The van der Waals surface area contributed by atoms with Gasteiger partial charge in [0.15, 0.2) is 5.82 Å². The molecular formula is C21H26N6O. The predicted molar refractivity (Wildman–Crippen MR) is 109 cm³/mol. The van der Waals surface area contributed by atoms with E-state index in [2.05, 4.69) is 51.6 Å². The molecule has 7 heteroatoms. The first-order valence-corrected chi connectivity index (χ1v) is 9.86. The van der Waals surface area contributed by atoms with Crippen LogP contribution in [0.15, 0.2) is 29.1 Å². The van der Waals surface area contributed by atoms with E-state index in [4.69, 9.17) is 0 Å². The van der Waals surface area contributed by atoms with E-state index >= 15 is 0 Å². The SMILES string of the molecule is Cc1[nH]c(C=C2C(=O)NN=C2c2ncccn2)c(C(C)C)c1CCNC1CC1. The van der Waals surface area contributed by atoms with E-state index in [1.54, 1.807) is 18.5 Å². The van der Waals surface area contributed by atoms with Crippen LogP contribution in [0.5, 0.6) is 0 Å². The largest absolute Gasteiger partial charge is 0.359 e. The van der Waals surface area contributed by atoms with Crippen molar-refractivity contribution in [3.8, 4) is 0 Å². The maximum absolute atomic E-state index is 12.4. The number of carbonyl (C=O) groups excluding carboxylic acids is 1. The summed E-state index contributed by atoms with van der Waals surface area (Å²) in [5.74, 6) is 0.544. The number of nitrogens with zero attached hydrogens (tertiary/aromatic N) is 3. The Morgan fingerprint density at radius 1 is 1.29 bits per heavy atom. The van der Waals surface area contributed by atoms with Gasteiger partial charge in [-0.15, -0.1) is 0 Å². The number of H-pyrrole nitrogens is 1. The van der Waals surface area contributed by atoms with Crippen molar-refractivity contribution in [2.75, 3.05) is 6.54 Å². The normalized spacial score (nSPS) is 18.1. The standard InChI is InChI=1S/C21H26N6O/c1-12(2)18-15(7-10-22-14-5-6-14)13(3)25-17(18)11-16-19(26-27-21(16)28)20-23-8-4-9-24-20/h4,8-9,11-12,14,22,25H,5-7,10H2,1-3H3,(H,27,28). The quantitative estimate of drug-likeness (QED) is 0.645. The predicted octanol–water partition coefficient (Wildman–Crippen LogP) is 2.45. The van der Waals surface area contributed by atoms with Crippen LogP contribution in [0, 0.1) is 6.92 Å². The molecule has 0 radical (unpaired) electrons. The molecule has 1 saturated carbocycles. The molecule has 3 heterocycles. The third-order valence-electron chi connectivity index (χ3n) is 5.19. The lowest BCUT2D eigenvalue weighted by Gasteiger charge is -2.11. The van der Waals surface area contributed by atoms with Crippen LogP contribution < -0.4 is 10.7 Å². The van der Waals surface area contributed by atoms with Gasteiger partial charge in [-0.25, -0.2) is 15.4 Å². The van der Waals surface area contributed by atoms with Crippen LogP contribution in [0.4, 0.5) is 0 Å². The number of aromatic amines is 1. The van der Waals surface area contributed by atoms with E-state index in [1.165, 1.54) is 24.0 Å². The van der Waals surface area contributed by atoms with Crippen LogP contribution in [0.2, 0.25) is 0 Å². The molecule has 0 saturated heterocycles. The first-order valence-electron chi connectivity index (χ1n) is 9.86. The Labute approximate surface area is 164 Å². The van der Waals surface area contributed by atoms with Crippen LogP contribution in [-0.4, -0.2) is 39.2 Å². The molecule has 4 rings (SSSR count). The number of aryl methyl sites for hydroxylation is 1. The number of amides is 1. The van der Waals surface area contributed by atoms with Gasteiger partial charge in [-0.2, -0.15) is 5.10 Å². The molecule has 2 aliphatic rings. The molecule has 146 valence electrons. The number of aromatic nitrogens is 3. The first kappa shape index (κ1) is 18.6. The highest BCUT2D eigenvalue weighted by molar-refractivity contribution is 6.32. The minimum absolute atomic E-state index is 0.235. The van der Waals surface area contributed by atoms with Gasteiger partial charge in [-0.05, 0) is 61.9 Å². The van der Waals surface area contributed by atoms with Crippen molar-refractivity contribution < 1.29 is 4.79 Å². The Morgan fingerprint density at radius 3 is 2.71 bits per heavy atom. The molecule has 28 heavy (non-hydrogen) atoms. The second-order valence-corrected chi connectivity index (χ2v) is 7.72. The Balaban J connectivity index is 1.67. The molecule has 0 spiro atoms. The fourth-order valence-corrected chi connectivity index (χ4v) is 3.70. The summed E-state index contributed by atoms with van der Waals surface area (Å²) in [6.45, 7) is 7.45. The molecule has 1 aliphatic carbocycles. The lowest BCUT2D eigenvalue weighted by Crippen LogP contribution is -2.20. The Hall–Kier alpha value is -2.80. The average Bonchev–Trinajstić information content (AvgIpc) is 3.36. The van der Waals surface area contributed by atoms with E-state index in [9.17, 15) is 4.79 Å². The van der Waals surface area contributed by atoms with E-state index in [0.29, 0.717) is 29.1 Å². The minimum Gasteiger partial charge on any atom is -0.359 e. The van der Waals surface area contributed by atoms with Gasteiger partial charge in [-0.1, -0.05) is 13.8 Å². The molecule has 0 atom stereocenters. The maximum Gasteiger partial charge on any atom is 0.273 e. The fourth-order valence-electron chi connectivity index (χ4n) is 3.70. The van der Waals surface area contributed by atoms with Gasteiger partial charge in [-0.3, -0.25) is 4.79 Å². The average molecular weight is 378 g/mol. The van der Waals surface area contributed by atoms with Crippen molar-refractivity contribution in [2.24, 2.45) is 5.10 Å². The van der Waals surface area contributed by atoms with Crippen molar-refractivity contribution in [2.45, 2.75) is 52.0 Å². The Bertz CT molecular complexity index is 937. The summed E-state index contributed by atoms with van der Waals surface area (Å²) >= 11 is 0. The highest BCUT2D eigenvalue weighted by Gasteiger charge is 2.27. The first-order chi connectivity index (χ1) is 13.5. The Morgan fingerprint density at radius 2 is 2.04 bits per heavy atom. The van der Waals surface area contributed by atoms with Gasteiger partial charge in [0.1, 0.15) is 5.71 Å². The highest BCUT2D eigenvalue weighted by Crippen LogP contribution is 2.30. The van der Waals surface area contributed by atoms with Crippen molar-refractivity contribution in [1.82, 2.24) is 25.7 Å². The summed E-state index contributed by atoms with van der Waals surface area (Å²) in [5, 5.41) is 7.73. The molecule has 7 nitrogen and oxygen atoms in total. The van der Waals surface area contributed by atoms with E-state index in [0.717, 1.165) is 24.4 Å². The topological polar surface area (TPSA) is 95.1 Å². The van der Waals surface area contributed by atoms with Crippen LogP contribution in [0.1, 0.15) is 60.9 Å². The zero-order chi connectivity index (χ0) is 19.7. The van der Waals surface area contributed by atoms with E-state index in [-0.39, 0.29) is 5.91 Å². The van der Waals surface area contributed by atoms with Gasteiger partial charge in [0, 0.05) is 29.8 Å². The lowest BCUT2D eigenvalue weighted by atomic mass is 9.94. The second kappa shape index (κ2) is 7.67. The van der Waals surface area contributed by atoms with E-state index in [1.807, 2.05) is 6.08 Å². The summed E-state index contributed by atoms with van der Waals surface area (Å²) < 4.78 is 0. The lowest BCUT2D eigenvalue weighted by molar-refractivity contribution is -0.116. The molecule has 1 aliphatic heterocycles. The monoisotopic (exact) mass is 378 g/mol. The molecule has 2 aromatic rings. The van der Waals surface area contributed by atoms with Crippen molar-refractivity contribution >= 4 is 17.7 Å². The third kappa shape index (κ3) is 3.75. The van der Waals surface area contributed by atoms with Crippen LogP contribution >= 0.6 is 0 Å². The zero-order valence-corrected chi connectivity index (χ0v) is 16.5.